The summed E-state index contributed by atoms with van der Waals surface area (Å²) in [6.07, 6.45) is 0. The van der Waals surface area contributed by atoms with Gasteiger partial charge in [0.15, 0.2) is 4.96 Å². The molecule has 1 aromatic carbocycles. The molecule has 0 aliphatic heterocycles. The highest BCUT2D eigenvalue weighted by atomic mass is 35.5. The number of rotatable bonds is 4. The first-order chi connectivity index (χ1) is 10.1. The van der Waals surface area contributed by atoms with Crippen LogP contribution in [0.4, 0.5) is 0 Å². The van der Waals surface area contributed by atoms with E-state index in [2.05, 4.69) is 4.98 Å². The van der Waals surface area contributed by atoms with E-state index < -0.39 is 0 Å². The lowest BCUT2D eigenvalue weighted by molar-refractivity contribution is 0.997. The van der Waals surface area contributed by atoms with E-state index >= 15 is 0 Å². The van der Waals surface area contributed by atoms with Crippen LogP contribution < -0.4 is 5.56 Å². The number of halogens is 1. The van der Waals surface area contributed by atoms with Gasteiger partial charge in [-0.3, -0.25) is 9.20 Å². The van der Waals surface area contributed by atoms with Gasteiger partial charge in [-0.25, -0.2) is 4.98 Å². The Morgan fingerprint density at radius 1 is 1.33 bits per heavy atom. The van der Waals surface area contributed by atoms with Crippen LogP contribution >= 0.6 is 34.7 Å². The maximum atomic E-state index is 12.1. The molecule has 3 nitrogen and oxygen atoms in total. The summed E-state index contributed by atoms with van der Waals surface area (Å²) in [4.78, 5) is 17.4. The van der Waals surface area contributed by atoms with Gasteiger partial charge in [0.2, 0.25) is 0 Å². The predicted octanol–water partition coefficient (Wildman–Crippen LogP) is 4.15. The van der Waals surface area contributed by atoms with E-state index in [0.29, 0.717) is 0 Å². The fraction of sp³-hybridized carbons (Fsp3) is 0.200. The average Bonchev–Trinajstić information content (AvgIpc) is 2.81. The summed E-state index contributed by atoms with van der Waals surface area (Å²) in [6, 6.07) is 9.45. The molecule has 2 heterocycles. The molecule has 0 amide bonds. The van der Waals surface area contributed by atoms with Crippen LogP contribution in [-0.4, -0.2) is 9.38 Å². The third-order valence-electron chi connectivity index (χ3n) is 3.04. The Hall–Kier alpha value is -1.30. The van der Waals surface area contributed by atoms with E-state index in [1.165, 1.54) is 16.9 Å². The number of thioether (sulfide) groups is 1. The molecule has 108 valence electrons. The number of thiazole rings is 1. The van der Waals surface area contributed by atoms with Crippen LogP contribution in [0.1, 0.15) is 17.0 Å². The van der Waals surface area contributed by atoms with E-state index in [1.807, 2.05) is 36.6 Å². The van der Waals surface area contributed by atoms with E-state index in [0.717, 1.165) is 32.9 Å². The minimum absolute atomic E-state index is 0.00268. The molecular formula is C15H13ClN2OS2. The smallest absolute Gasteiger partial charge is 0.258 e. The van der Waals surface area contributed by atoms with Crippen molar-refractivity contribution < 1.29 is 0 Å². The molecule has 3 aromatic rings. The molecule has 0 N–H and O–H groups in total. The monoisotopic (exact) mass is 336 g/mol. The summed E-state index contributed by atoms with van der Waals surface area (Å²) >= 11 is 9.19. The molecule has 6 heteroatoms. The minimum atomic E-state index is -0.00268. The Bertz CT molecular complexity index is 841. The number of benzene rings is 1. The third kappa shape index (κ3) is 3.31. The van der Waals surface area contributed by atoms with Crippen molar-refractivity contribution in [2.45, 2.75) is 18.4 Å². The highest BCUT2D eigenvalue weighted by molar-refractivity contribution is 7.97. The number of hydrogen-bond acceptors (Lipinski definition) is 4. The Morgan fingerprint density at radius 3 is 3.00 bits per heavy atom. The summed E-state index contributed by atoms with van der Waals surface area (Å²) in [5.41, 5.74) is 2.94. The number of aromatic nitrogens is 2. The Labute approximate surface area is 135 Å². The van der Waals surface area contributed by atoms with Gasteiger partial charge in [-0.05, 0) is 24.6 Å². The van der Waals surface area contributed by atoms with Crippen LogP contribution in [-0.2, 0) is 11.5 Å². The maximum absolute atomic E-state index is 12.1. The molecule has 0 aliphatic rings. The van der Waals surface area contributed by atoms with Crippen molar-refractivity contribution in [3.63, 3.8) is 0 Å². The second-order valence-corrected chi connectivity index (χ2v) is 6.96. The van der Waals surface area contributed by atoms with Crippen LogP contribution in [0, 0.1) is 6.92 Å². The first-order valence-corrected chi connectivity index (χ1v) is 8.84. The lowest BCUT2D eigenvalue weighted by atomic mass is 10.2. The summed E-state index contributed by atoms with van der Waals surface area (Å²) < 4.78 is 1.65. The second-order valence-electron chi connectivity index (χ2n) is 4.70. The molecule has 21 heavy (non-hydrogen) atoms. The maximum Gasteiger partial charge on any atom is 0.258 e. The van der Waals surface area contributed by atoms with Gasteiger partial charge >= 0.3 is 0 Å². The predicted molar refractivity (Wildman–Crippen MR) is 90.5 cm³/mol. The first-order valence-electron chi connectivity index (χ1n) is 6.42. The Balaban J connectivity index is 1.72. The summed E-state index contributed by atoms with van der Waals surface area (Å²) in [5, 5.41) is 2.70. The molecule has 0 aliphatic carbocycles. The normalized spacial score (nSPS) is 11.1. The van der Waals surface area contributed by atoms with Gasteiger partial charge < -0.3 is 0 Å². The van der Waals surface area contributed by atoms with E-state index in [9.17, 15) is 4.79 Å². The summed E-state index contributed by atoms with van der Waals surface area (Å²) in [6.45, 7) is 1.92. The zero-order valence-corrected chi connectivity index (χ0v) is 13.8. The van der Waals surface area contributed by atoms with Gasteiger partial charge in [0.25, 0.3) is 5.56 Å². The zero-order chi connectivity index (χ0) is 14.8. The fourth-order valence-electron chi connectivity index (χ4n) is 2.08. The molecule has 0 spiro atoms. The number of aryl methyl sites for hydroxylation is 1. The molecular weight excluding hydrogens is 324 g/mol. The van der Waals surface area contributed by atoms with Crippen molar-refractivity contribution in [3.05, 3.63) is 68.0 Å². The molecule has 0 saturated carbocycles. The van der Waals surface area contributed by atoms with Gasteiger partial charge in [0.05, 0.1) is 5.69 Å². The quantitative estimate of drug-likeness (QED) is 0.717. The molecule has 0 radical (unpaired) electrons. The van der Waals surface area contributed by atoms with E-state index in [4.69, 9.17) is 11.6 Å². The lowest BCUT2D eigenvalue weighted by Crippen LogP contribution is -2.14. The van der Waals surface area contributed by atoms with Crippen molar-refractivity contribution in [2.75, 3.05) is 0 Å². The summed E-state index contributed by atoms with van der Waals surface area (Å²) in [7, 11) is 0. The zero-order valence-electron chi connectivity index (χ0n) is 11.4. The number of nitrogens with zero attached hydrogens (tertiary/aromatic N) is 2. The van der Waals surface area contributed by atoms with Gasteiger partial charge in [-0.2, -0.15) is 11.8 Å². The molecule has 0 unspecified atom stereocenters. The average molecular weight is 337 g/mol. The van der Waals surface area contributed by atoms with Crippen LogP contribution in [0.25, 0.3) is 4.96 Å². The van der Waals surface area contributed by atoms with Crippen molar-refractivity contribution in [2.24, 2.45) is 0 Å². The van der Waals surface area contributed by atoms with E-state index in [1.54, 1.807) is 22.2 Å². The standard InChI is InChI=1S/C15H13ClN2OS2/c1-10-7-21-15-17-13(6-14(19)18(10)15)9-20-8-11-3-2-4-12(16)5-11/h2-7H,8-9H2,1H3. The summed E-state index contributed by atoms with van der Waals surface area (Å²) in [5.74, 6) is 1.57. The molecule has 2 aromatic heterocycles. The SMILES string of the molecule is Cc1csc2nc(CSCc3cccc(Cl)c3)cc(=O)n12. The van der Waals surface area contributed by atoms with Crippen molar-refractivity contribution >= 4 is 39.7 Å². The molecule has 0 saturated heterocycles. The largest absolute Gasteiger partial charge is 0.269 e. The van der Waals surface area contributed by atoms with Crippen molar-refractivity contribution in [3.8, 4) is 0 Å². The fourth-order valence-corrected chi connectivity index (χ4v) is 4.05. The minimum Gasteiger partial charge on any atom is -0.269 e. The van der Waals surface area contributed by atoms with Gasteiger partial charge in [0.1, 0.15) is 0 Å². The van der Waals surface area contributed by atoms with Gasteiger partial charge in [-0.15, -0.1) is 11.3 Å². The van der Waals surface area contributed by atoms with Crippen LogP contribution in [0.5, 0.6) is 0 Å². The second kappa shape index (κ2) is 6.22. The van der Waals surface area contributed by atoms with Crippen LogP contribution in [0.15, 0.2) is 40.5 Å². The van der Waals surface area contributed by atoms with Crippen molar-refractivity contribution in [1.82, 2.24) is 9.38 Å². The first kappa shape index (κ1) is 14.6. The lowest BCUT2D eigenvalue weighted by Gasteiger charge is -2.03. The van der Waals surface area contributed by atoms with Crippen LogP contribution in [0.2, 0.25) is 5.02 Å². The highest BCUT2D eigenvalue weighted by Gasteiger charge is 2.06. The van der Waals surface area contributed by atoms with Gasteiger partial charge in [-0.1, -0.05) is 23.7 Å². The Kier molecular flexibility index (Phi) is 4.33. The number of hydrogen-bond donors (Lipinski definition) is 0. The van der Waals surface area contributed by atoms with Crippen LogP contribution in [0.3, 0.4) is 0 Å². The molecule has 3 rings (SSSR count). The van der Waals surface area contributed by atoms with Crippen molar-refractivity contribution in [1.29, 1.82) is 0 Å². The topological polar surface area (TPSA) is 34.4 Å². The Morgan fingerprint density at radius 2 is 2.19 bits per heavy atom. The van der Waals surface area contributed by atoms with E-state index in [-0.39, 0.29) is 5.56 Å². The number of fused-ring (bicyclic) bond motifs is 1. The molecule has 0 atom stereocenters. The van der Waals surface area contributed by atoms with Gasteiger partial charge in [0, 0.05) is 33.7 Å². The molecule has 0 bridgehead atoms. The third-order valence-corrected chi connectivity index (χ3v) is 5.25. The molecule has 0 fully saturated rings. The highest BCUT2D eigenvalue weighted by Crippen LogP contribution is 2.20.